The summed E-state index contributed by atoms with van der Waals surface area (Å²) in [6.07, 6.45) is 0.612. The Hall–Kier alpha value is -2.00. The molecule has 0 fully saturated rings. The van der Waals surface area contributed by atoms with Crippen LogP contribution in [0.25, 0.3) is 11.0 Å². The van der Waals surface area contributed by atoms with E-state index in [4.69, 9.17) is 0 Å². The van der Waals surface area contributed by atoms with Crippen LogP contribution >= 0.6 is 12.4 Å². The number of nitrogens with zero attached hydrogens (tertiary/aromatic N) is 1. The van der Waals surface area contributed by atoms with Gasteiger partial charge in [0.05, 0.1) is 11.0 Å². The Balaban J connectivity index is 0.00000120. The Morgan fingerprint density at radius 2 is 1.72 bits per heavy atom. The van der Waals surface area contributed by atoms with E-state index in [-0.39, 0.29) is 12.4 Å². The largest absolute Gasteiger partial charge is 0.508 e. The van der Waals surface area contributed by atoms with Crippen LogP contribution in [0, 0.1) is 0 Å². The molecule has 18 heavy (non-hydrogen) atoms. The van der Waals surface area contributed by atoms with Gasteiger partial charge in [0, 0.05) is 12.0 Å². The minimum Gasteiger partial charge on any atom is -0.508 e. The van der Waals surface area contributed by atoms with Gasteiger partial charge in [0.1, 0.15) is 11.6 Å². The van der Waals surface area contributed by atoms with Crippen LogP contribution in [0.1, 0.15) is 11.4 Å². The van der Waals surface area contributed by atoms with Gasteiger partial charge in [-0.05, 0) is 18.2 Å². The van der Waals surface area contributed by atoms with Gasteiger partial charge in [-0.1, -0.05) is 30.3 Å². The maximum Gasteiger partial charge on any atom is 0.119 e. The number of aromatic hydroxyl groups is 1. The molecule has 92 valence electrons. The number of hydrogen-bond acceptors (Lipinski definition) is 2. The van der Waals surface area contributed by atoms with E-state index in [1.807, 2.05) is 42.5 Å². The standard InChI is InChI=1S/C14H12N2O.ClH/c17-13-8-4-1-5-10(13)9-14-15-11-6-2-3-7-12(11)16-14;/h1-8,17H,9H2,(H,15,16);1H. The average molecular weight is 261 g/mol. The van der Waals surface area contributed by atoms with E-state index in [9.17, 15) is 5.11 Å². The van der Waals surface area contributed by atoms with Crippen molar-refractivity contribution in [3.8, 4) is 5.75 Å². The zero-order valence-electron chi connectivity index (χ0n) is 9.63. The van der Waals surface area contributed by atoms with Crippen molar-refractivity contribution in [3.05, 3.63) is 59.9 Å². The van der Waals surface area contributed by atoms with Crippen LogP contribution in [0.5, 0.6) is 5.75 Å². The molecule has 0 radical (unpaired) electrons. The number of para-hydroxylation sites is 3. The van der Waals surface area contributed by atoms with Crippen LogP contribution in [0.15, 0.2) is 48.5 Å². The molecule has 1 heterocycles. The summed E-state index contributed by atoms with van der Waals surface area (Å²) in [6.45, 7) is 0. The van der Waals surface area contributed by atoms with Gasteiger partial charge in [0.25, 0.3) is 0 Å². The highest BCUT2D eigenvalue weighted by Crippen LogP contribution is 2.19. The molecule has 0 spiro atoms. The maximum atomic E-state index is 9.71. The number of aromatic amines is 1. The molecule has 2 N–H and O–H groups in total. The monoisotopic (exact) mass is 260 g/mol. The lowest BCUT2D eigenvalue weighted by atomic mass is 10.1. The smallest absolute Gasteiger partial charge is 0.119 e. The Kier molecular flexibility index (Phi) is 3.53. The van der Waals surface area contributed by atoms with E-state index in [2.05, 4.69) is 9.97 Å². The number of benzene rings is 2. The van der Waals surface area contributed by atoms with E-state index in [0.717, 1.165) is 22.4 Å². The molecule has 2 aromatic carbocycles. The molecule has 0 atom stereocenters. The number of phenolic OH excluding ortho intramolecular Hbond substituents is 1. The predicted octanol–water partition coefficient (Wildman–Crippen LogP) is 3.28. The van der Waals surface area contributed by atoms with Crippen LogP contribution in [-0.4, -0.2) is 15.1 Å². The van der Waals surface area contributed by atoms with E-state index in [1.54, 1.807) is 6.07 Å². The molecule has 0 aliphatic heterocycles. The second-order valence-corrected chi connectivity index (χ2v) is 4.01. The zero-order valence-corrected chi connectivity index (χ0v) is 10.4. The van der Waals surface area contributed by atoms with Gasteiger partial charge < -0.3 is 10.1 Å². The molecule has 0 saturated carbocycles. The summed E-state index contributed by atoms with van der Waals surface area (Å²) in [5.74, 6) is 1.18. The Bertz CT molecular complexity index is 630. The fraction of sp³-hybridized carbons (Fsp3) is 0.0714. The average Bonchev–Trinajstić information content (AvgIpc) is 2.74. The van der Waals surface area contributed by atoms with Crippen molar-refractivity contribution in [3.63, 3.8) is 0 Å². The topological polar surface area (TPSA) is 48.9 Å². The third kappa shape index (κ3) is 2.31. The van der Waals surface area contributed by atoms with Crippen LogP contribution in [0.4, 0.5) is 0 Å². The molecule has 0 aliphatic carbocycles. The highest BCUT2D eigenvalue weighted by Gasteiger charge is 2.05. The molecular formula is C14H13ClN2O. The van der Waals surface area contributed by atoms with Crippen molar-refractivity contribution in [2.75, 3.05) is 0 Å². The summed E-state index contributed by atoms with van der Waals surface area (Å²) < 4.78 is 0. The summed E-state index contributed by atoms with van der Waals surface area (Å²) in [6, 6.07) is 15.2. The van der Waals surface area contributed by atoms with E-state index < -0.39 is 0 Å². The predicted molar refractivity (Wildman–Crippen MR) is 74.3 cm³/mol. The first-order chi connectivity index (χ1) is 8.33. The molecule has 3 nitrogen and oxygen atoms in total. The van der Waals surface area contributed by atoms with E-state index in [0.29, 0.717) is 12.2 Å². The number of hydrogen-bond donors (Lipinski definition) is 2. The summed E-state index contributed by atoms with van der Waals surface area (Å²) in [4.78, 5) is 7.73. The normalized spacial score (nSPS) is 10.2. The van der Waals surface area contributed by atoms with Crippen molar-refractivity contribution in [2.24, 2.45) is 0 Å². The van der Waals surface area contributed by atoms with Crippen molar-refractivity contribution in [2.45, 2.75) is 6.42 Å². The van der Waals surface area contributed by atoms with Gasteiger partial charge in [-0.3, -0.25) is 0 Å². The van der Waals surface area contributed by atoms with Gasteiger partial charge >= 0.3 is 0 Å². The maximum absolute atomic E-state index is 9.71. The van der Waals surface area contributed by atoms with Gasteiger partial charge in [-0.15, -0.1) is 12.4 Å². The first-order valence-corrected chi connectivity index (χ1v) is 5.53. The fourth-order valence-corrected chi connectivity index (χ4v) is 1.93. The minimum atomic E-state index is 0. The molecule has 3 rings (SSSR count). The van der Waals surface area contributed by atoms with Crippen LogP contribution < -0.4 is 0 Å². The number of nitrogens with one attached hydrogen (secondary N) is 1. The second kappa shape index (κ2) is 5.10. The molecular weight excluding hydrogens is 248 g/mol. The lowest BCUT2D eigenvalue weighted by molar-refractivity contribution is 0.469. The van der Waals surface area contributed by atoms with Crippen molar-refractivity contribution in [1.82, 2.24) is 9.97 Å². The van der Waals surface area contributed by atoms with Crippen molar-refractivity contribution in [1.29, 1.82) is 0 Å². The summed E-state index contributed by atoms with van der Waals surface area (Å²) in [5, 5.41) is 9.71. The van der Waals surface area contributed by atoms with Crippen LogP contribution in [-0.2, 0) is 6.42 Å². The lowest BCUT2D eigenvalue weighted by Crippen LogP contribution is -1.90. The molecule has 0 saturated heterocycles. The minimum absolute atomic E-state index is 0. The first-order valence-electron chi connectivity index (χ1n) is 5.53. The number of imidazole rings is 1. The number of H-pyrrole nitrogens is 1. The molecule has 4 heteroatoms. The van der Waals surface area contributed by atoms with E-state index in [1.165, 1.54) is 0 Å². The number of fused-ring (bicyclic) bond motifs is 1. The molecule has 0 aliphatic rings. The van der Waals surface area contributed by atoms with Gasteiger partial charge in [-0.2, -0.15) is 0 Å². The Labute approximate surface area is 111 Å². The van der Waals surface area contributed by atoms with Crippen LogP contribution in [0.3, 0.4) is 0 Å². The number of halogens is 1. The fourth-order valence-electron chi connectivity index (χ4n) is 1.93. The summed E-state index contributed by atoms with van der Waals surface area (Å²) in [5.41, 5.74) is 2.86. The first kappa shape index (κ1) is 12.5. The van der Waals surface area contributed by atoms with Gasteiger partial charge in [0.15, 0.2) is 0 Å². The number of phenols is 1. The molecule has 1 aromatic heterocycles. The summed E-state index contributed by atoms with van der Waals surface area (Å²) in [7, 11) is 0. The van der Waals surface area contributed by atoms with Gasteiger partial charge in [0.2, 0.25) is 0 Å². The lowest BCUT2D eigenvalue weighted by Gasteiger charge is -2.00. The molecule has 3 aromatic rings. The Morgan fingerprint density at radius 1 is 1.00 bits per heavy atom. The third-order valence-corrected chi connectivity index (χ3v) is 2.79. The highest BCUT2D eigenvalue weighted by molar-refractivity contribution is 5.85. The Morgan fingerprint density at radius 3 is 2.50 bits per heavy atom. The van der Waals surface area contributed by atoms with E-state index >= 15 is 0 Å². The molecule has 0 amide bonds. The molecule has 0 bridgehead atoms. The zero-order chi connectivity index (χ0) is 11.7. The van der Waals surface area contributed by atoms with Crippen molar-refractivity contribution < 1.29 is 5.11 Å². The van der Waals surface area contributed by atoms with Gasteiger partial charge in [-0.25, -0.2) is 4.98 Å². The quantitative estimate of drug-likeness (QED) is 0.743. The van der Waals surface area contributed by atoms with Crippen LogP contribution in [0.2, 0.25) is 0 Å². The molecule has 0 unspecified atom stereocenters. The number of aromatic nitrogens is 2. The highest BCUT2D eigenvalue weighted by atomic mass is 35.5. The second-order valence-electron chi connectivity index (χ2n) is 4.01. The number of rotatable bonds is 2. The third-order valence-electron chi connectivity index (χ3n) is 2.79. The summed E-state index contributed by atoms with van der Waals surface area (Å²) >= 11 is 0. The van der Waals surface area contributed by atoms with Crippen molar-refractivity contribution >= 4 is 23.4 Å². The SMILES string of the molecule is Cl.Oc1ccccc1Cc1nc2ccccc2[nH]1.